The molecule has 0 aliphatic carbocycles. The highest BCUT2D eigenvalue weighted by molar-refractivity contribution is 6.30. The summed E-state index contributed by atoms with van der Waals surface area (Å²) in [6, 6.07) is 17.0. The largest absolute Gasteiger partial charge is 0.503 e. The van der Waals surface area contributed by atoms with Crippen molar-refractivity contribution in [1.82, 2.24) is 14.7 Å². The van der Waals surface area contributed by atoms with Crippen molar-refractivity contribution >= 4 is 17.9 Å². The number of hydrogen-bond acceptors (Lipinski definition) is 5. The summed E-state index contributed by atoms with van der Waals surface area (Å²) >= 11 is 6.09. The first-order valence-electron chi connectivity index (χ1n) is 9.13. The van der Waals surface area contributed by atoms with Crippen molar-refractivity contribution in [1.29, 1.82) is 0 Å². The van der Waals surface area contributed by atoms with E-state index in [2.05, 4.69) is 5.10 Å². The minimum atomic E-state index is -0.685. The Morgan fingerprint density at radius 3 is 2.31 bits per heavy atom. The van der Waals surface area contributed by atoms with Crippen LogP contribution in [0.2, 0.25) is 5.02 Å². The molecule has 1 heterocycles. The van der Waals surface area contributed by atoms with Gasteiger partial charge in [0.05, 0.1) is 12.2 Å². The molecule has 0 aliphatic heterocycles. The summed E-state index contributed by atoms with van der Waals surface area (Å²) in [5.74, 6) is -0.800. The molecule has 7 heteroatoms. The van der Waals surface area contributed by atoms with Gasteiger partial charge < -0.3 is 10.0 Å². The molecule has 2 aromatic carbocycles. The van der Waals surface area contributed by atoms with Crippen molar-refractivity contribution < 1.29 is 9.90 Å². The highest BCUT2D eigenvalue weighted by Crippen LogP contribution is 2.36. The van der Waals surface area contributed by atoms with Gasteiger partial charge in [-0.25, -0.2) is 0 Å². The third-order valence-corrected chi connectivity index (χ3v) is 5.02. The number of aldehydes is 1. The second-order valence-electron chi connectivity index (χ2n) is 7.07. The third kappa shape index (κ3) is 4.55. The molecule has 0 bridgehead atoms. The van der Waals surface area contributed by atoms with Crippen LogP contribution in [-0.4, -0.2) is 46.7 Å². The van der Waals surface area contributed by atoms with E-state index in [1.54, 1.807) is 0 Å². The average Bonchev–Trinajstić information content (AvgIpc) is 2.71. The van der Waals surface area contributed by atoms with Gasteiger partial charge >= 0.3 is 0 Å². The first-order chi connectivity index (χ1) is 13.9. The topological polar surface area (TPSA) is 75.4 Å². The predicted octanol–water partition coefficient (Wildman–Crippen LogP) is 3.35. The van der Waals surface area contributed by atoms with Crippen LogP contribution in [0.1, 0.15) is 33.6 Å². The summed E-state index contributed by atoms with van der Waals surface area (Å²) < 4.78 is 1.44. The lowest BCUT2D eigenvalue weighted by molar-refractivity contribution is 0.110. The molecule has 1 aromatic heterocycles. The van der Waals surface area contributed by atoms with Crippen LogP contribution < -0.4 is 5.43 Å². The van der Waals surface area contributed by atoms with Crippen LogP contribution in [-0.2, 0) is 0 Å². The second kappa shape index (κ2) is 9.03. The van der Waals surface area contributed by atoms with Crippen molar-refractivity contribution in [3.63, 3.8) is 0 Å². The molecule has 6 nitrogen and oxygen atoms in total. The zero-order valence-electron chi connectivity index (χ0n) is 16.2. The van der Waals surface area contributed by atoms with Crippen LogP contribution >= 0.6 is 11.6 Å². The number of carbonyl (C=O) groups excluding carboxylic acids is 1. The number of benzene rings is 2. The zero-order chi connectivity index (χ0) is 21.0. The molecule has 0 saturated heterocycles. The highest BCUT2D eigenvalue weighted by atomic mass is 35.5. The van der Waals surface area contributed by atoms with E-state index in [1.807, 2.05) is 73.6 Å². The number of halogens is 1. The molecule has 2 atom stereocenters. The minimum Gasteiger partial charge on any atom is -0.503 e. The molecule has 0 amide bonds. The summed E-state index contributed by atoms with van der Waals surface area (Å²) in [6.45, 7) is 0.512. The fourth-order valence-electron chi connectivity index (χ4n) is 3.51. The summed E-state index contributed by atoms with van der Waals surface area (Å²) in [4.78, 5) is 25.5. The minimum absolute atomic E-state index is 0.140. The number of likely N-dealkylation sites (N-methyl/N-ethyl adjacent to an activating group) is 1. The molecule has 0 radical (unpaired) electrons. The van der Waals surface area contributed by atoms with Gasteiger partial charge in [0, 0.05) is 17.5 Å². The predicted molar refractivity (Wildman–Crippen MR) is 113 cm³/mol. The maximum atomic E-state index is 11.8. The highest BCUT2D eigenvalue weighted by Gasteiger charge is 2.30. The van der Waals surface area contributed by atoms with Gasteiger partial charge in [-0.05, 0) is 37.4 Å². The Morgan fingerprint density at radius 1 is 1.10 bits per heavy atom. The fourth-order valence-corrected chi connectivity index (χ4v) is 3.64. The Kier molecular flexibility index (Phi) is 6.46. The van der Waals surface area contributed by atoms with E-state index < -0.39 is 11.2 Å². The molecular formula is C22H22ClN3O3. The molecule has 2 unspecified atom stereocenters. The number of aromatic nitrogens is 2. The van der Waals surface area contributed by atoms with E-state index in [1.165, 1.54) is 4.68 Å². The average molecular weight is 412 g/mol. The normalized spacial score (nSPS) is 13.2. The van der Waals surface area contributed by atoms with Crippen LogP contribution in [0.3, 0.4) is 0 Å². The summed E-state index contributed by atoms with van der Waals surface area (Å²) in [6.07, 6.45) is 1.51. The van der Waals surface area contributed by atoms with Crippen LogP contribution in [0.15, 0.2) is 65.6 Å². The van der Waals surface area contributed by atoms with Gasteiger partial charge in [0.1, 0.15) is 5.69 Å². The quantitative estimate of drug-likeness (QED) is 0.603. The number of rotatable bonds is 7. The fraction of sp³-hybridized carbons (Fsp3) is 0.227. The molecule has 0 saturated carbocycles. The maximum absolute atomic E-state index is 11.8. The van der Waals surface area contributed by atoms with Crippen LogP contribution in [0.4, 0.5) is 0 Å². The molecule has 29 heavy (non-hydrogen) atoms. The molecule has 0 spiro atoms. The molecular weight excluding hydrogens is 390 g/mol. The van der Waals surface area contributed by atoms with Crippen molar-refractivity contribution in [2.45, 2.75) is 12.0 Å². The van der Waals surface area contributed by atoms with Crippen LogP contribution in [0.25, 0.3) is 0 Å². The van der Waals surface area contributed by atoms with Crippen LogP contribution in [0.5, 0.6) is 5.75 Å². The smallest absolute Gasteiger partial charge is 0.242 e. The number of carbonyl (C=O) groups is 1. The molecule has 0 fully saturated rings. The molecule has 150 valence electrons. The SMILES string of the molecule is CN(C)CC(C(c1ccccc1)c1ccc(Cl)cc1)n1ncc(=O)c(O)c1C=O. The van der Waals surface area contributed by atoms with E-state index in [0.717, 1.165) is 17.3 Å². The van der Waals surface area contributed by atoms with E-state index >= 15 is 0 Å². The monoisotopic (exact) mass is 411 g/mol. The number of aromatic hydroxyl groups is 1. The third-order valence-electron chi connectivity index (χ3n) is 4.77. The van der Waals surface area contributed by atoms with Crippen molar-refractivity contribution in [2.75, 3.05) is 20.6 Å². The Morgan fingerprint density at radius 2 is 1.72 bits per heavy atom. The lowest BCUT2D eigenvalue weighted by Crippen LogP contribution is -2.33. The van der Waals surface area contributed by atoms with Crippen molar-refractivity contribution in [3.8, 4) is 5.75 Å². The molecule has 1 N–H and O–H groups in total. The van der Waals surface area contributed by atoms with Gasteiger partial charge in [0.25, 0.3) is 0 Å². The lowest BCUT2D eigenvalue weighted by Gasteiger charge is -2.32. The van der Waals surface area contributed by atoms with Crippen LogP contribution in [0, 0.1) is 0 Å². The van der Waals surface area contributed by atoms with E-state index in [0.29, 0.717) is 17.9 Å². The van der Waals surface area contributed by atoms with Gasteiger partial charge in [0.2, 0.25) is 5.43 Å². The molecule has 3 aromatic rings. The van der Waals surface area contributed by atoms with Gasteiger partial charge in [-0.2, -0.15) is 5.10 Å². The standard InChI is InChI=1S/C22H22ClN3O3/c1-25(2)13-18(26-19(14-27)22(29)20(28)12-24-26)21(15-6-4-3-5-7-15)16-8-10-17(23)11-9-16/h3-12,14,18,21,29H,13H2,1-2H3. The summed E-state index contributed by atoms with van der Waals surface area (Å²) in [7, 11) is 3.83. The van der Waals surface area contributed by atoms with E-state index in [-0.39, 0.29) is 17.7 Å². The molecule has 0 aliphatic rings. The Labute approximate surface area is 174 Å². The zero-order valence-corrected chi connectivity index (χ0v) is 17.0. The van der Waals surface area contributed by atoms with Crippen molar-refractivity contribution in [2.24, 2.45) is 0 Å². The maximum Gasteiger partial charge on any atom is 0.242 e. The Balaban J connectivity index is 2.25. The Hall–Kier alpha value is -2.96. The number of hydrogen-bond donors (Lipinski definition) is 1. The van der Waals surface area contributed by atoms with Crippen molar-refractivity contribution in [3.05, 3.63) is 92.9 Å². The summed E-state index contributed by atoms with van der Waals surface area (Å²) in [5.41, 5.74) is 1.16. The van der Waals surface area contributed by atoms with Gasteiger partial charge in [0.15, 0.2) is 12.0 Å². The first kappa shape index (κ1) is 20.8. The van der Waals surface area contributed by atoms with Gasteiger partial charge in [-0.1, -0.05) is 54.1 Å². The van der Waals surface area contributed by atoms with Gasteiger partial charge in [-0.3, -0.25) is 14.3 Å². The second-order valence-corrected chi connectivity index (χ2v) is 7.51. The summed E-state index contributed by atoms with van der Waals surface area (Å²) in [5, 5.41) is 15.0. The van der Waals surface area contributed by atoms with Gasteiger partial charge in [-0.15, -0.1) is 0 Å². The lowest BCUT2D eigenvalue weighted by atomic mass is 9.84. The number of nitrogens with zero attached hydrogens (tertiary/aromatic N) is 3. The molecule has 3 rings (SSSR count). The van der Waals surface area contributed by atoms with E-state index in [9.17, 15) is 14.7 Å². The van der Waals surface area contributed by atoms with E-state index in [4.69, 9.17) is 11.6 Å². The first-order valence-corrected chi connectivity index (χ1v) is 9.51. The Bertz CT molecular complexity index is 1030.